The number of unbranched alkanes of at least 4 members (excludes halogenated alkanes) is 8. The molecule has 0 aliphatic rings. The first-order valence-corrected chi connectivity index (χ1v) is 9.01. The van der Waals surface area contributed by atoms with Gasteiger partial charge in [-0.15, -0.1) is 0 Å². The van der Waals surface area contributed by atoms with E-state index in [-0.39, 0.29) is 0 Å². The molecule has 0 spiro atoms. The van der Waals surface area contributed by atoms with Gasteiger partial charge in [0.05, 0.1) is 0 Å². The summed E-state index contributed by atoms with van der Waals surface area (Å²) < 4.78 is 0. The summed E-state index contributed by atoms with van der Waals surface area (Å²) in [6.45, 7) is 6.79. The Morgan fingerprint density at radius 1 is 0.632 bits per heavy atom. The van der Waals surface area contributed by atoms with E-state index in [4.69, 9.17) is 5.73 Å². The smallest absolute Gasteiger partial charge is 0.00645 e. The minimum Gasteiger partial charge on any atom is -0.327 e. The van der Waals surface area contributed by atoms with Crippen LogP contribution in [-0.2, 0) is 0 Å². The quantitative estimate of drug-likeness (QED) is 0.381. The van der Waals surface area contributed by atoms with Crippen molar-refractivity contribution in [2.45, 2.75) is 110 Å². The Balaban J connectivity index is 3.39. The summed E-state index contributed by atoms with van der Waals surface area (Å²) in [4.78, 5) is 0. The third-order valence-electron chi connectivity index (χ3n) is 4.41. The molecule has 0 rings (SSSR count). The third-order valence-corrected chi connectivity index (χ3v) is 4.41. The summed E-state index contributed by atoms with van der Waals surface area (Å²) in [6.07, 6.45) is 17.9. The molecule has 0 fully saturated rings. The van der Waals surface area contributed by atoms with Gasteiger partial charge >= 0.3 is 0 Å². The minimum atomic E-state index is 0.439. The molecule has 116 valence electrons. The first kappa shape index (κ1) is 19.0. The molecular weight excluding hydrogens is 230 g/mol. The number of hydrogen-bond acceptors (Lipinski definition) is 1. The molecule has 0 bridgehead atoms. The average Bonchev–Trinajstić information content (AvgIpc) is 2.43. The van der Waals surface area contributed by atoms with E-state index in [9.17, 15) is 0 Å². The van der Waals surface area contributed by atoms with Crippen LogP contribution >= 0.6 is 0 Å². The molecule has 2 atom stereocenters. The lowest BCUT2D eigenvalue weighted by atomic mass is 9.88. The molecule has 0 saturated carbocycles. The van der Waals surface area contributed by atoms with Crippen LogP contribution in [0.15, 0.2) is 0 Å². The van der Waals surface area contributed by atoms with Crippen LogP contribution in [0.4, 0.5) is 0 Å². The van der Waals surface area contributed by atoms with Crippen molar-refractivity contribution in [3.63, 3.8) is 0 Å². The summed E-state index contributed by atoms with van der Waals surface area (Å²) in [7, 11) is 0. The van der Waals surface area contributed by atoms with Crippen LogP contribution in [0.3, 0.4) is 0 Å². The Morgan fingerprint density at radius 2 is 1.16 bits per heavy atom. The molecule has 0 aromatic heterocycles. The lowest BCUT2D eigenvalue weighted by molar-refractivity contribution is 0.344. The van der Waals surface area contributed by atoms with E-state index in [1.54, 1.807) is 0 Å². The van der Waals surface area contributed by atoms with Crippen molar-refractivity contribution in [2.24, 2.45) is 11.7 Å². The molecule has 0 aromatic rings. The van der Waals surface area contributed by atoms with Gasteiger partial charge in [-0.2, -0.15) is 0 Å². The fourth-order valence-corrected chi connectivity index (χ4v) is 2.99. The van der Waals surface area contributed by atoms with Gasteiger partial charge in [-0.05, 0) is 25.2 Å². The molecular formula is C18H39N. The Hall–Kier alpha value is -0.0400. The van der Waals surface area contributed by atoms with Crippen molar-refractivity contribution >= 4 is 0 Å². The molecule has 0 aliphatic heterocycles. The molecule has 2 N–H and O–H groups in total. The van der Waals surface area contributed by atoms with E-state index in [0.29, 0.717) is 6.04 Å². The summed E-state index contributed by atoms with van der Waals surface area (Å²) in [5.41, 5.74) is 6.21. The Bertz CT molecular complexity index is 167. The van der Waals surface area contributed by atoms with Crippen LogP contribution in [0.25, 0.3) is 0 Å². The maximum absolute atomic E-state index is 6.21. The number of rotatable bonds is 14. The molecule has 2 unspecified atom stereocenters. The second-order valence-electron chi connectivity index (χ2n) is 6.24. The molecule has 0 aliphatic carbocycles. The van der Waals surface area contributed by atoms with Crippen molar-refractivity contribution in [1.29, 1.82) is 0 Å². The van der Waals surface area contributed by atoms with Crippen molar-refractivity contribution < 1.29 is 0 Å². The highest BCUT2D eigenvalue weighted by Crippen LogP contribution is 2.21. The zero-order valence-corrected chi connectivity index (χ0v) is 13.9. The standard InChI is InChI=1S/C18H39N/c1-4-7-8-9-10-11-12-13-14-16-17(15-5-2)18(19)6-3/h17-18H,4-16,19H2,1-3H3. The van der Waals surface area contributed by atoms with Crippen LogP contribution in [0, 0.1) is 5.92 Å². The van der Waals surface area contributed by atoms with Crippen LogP contribution in [0.5, 0.6) is 0 Å². The molecule has 0 radical (unpaired) electrons. The van der Waals surface area contributed by atoms with Gasteiger partial charge in [-0.3, -0.25) is 0 Å². The van der Waals surface area contributed by atoms with Gasteiger partial charge < -0.3 is 5.73 Å². The monoisotopic (exact) mass is 269 g/mol. The van der Waals surface area contributed by atoms with E-state index in [1.165, 1.54) is 77.0 Å². The van der Waals surface area contributed by atoms with Gasteiger partial charge in [0.15, 0.2) is 0 Å². The molecule has 19 heavy (non-hydrogen) atoms. The largest absolute Gasteiger partial charge is 0.327 e. The highest BCUT2D eigenvalue weighted by Gasteiger charge is 2.14. The lowest BCUT2D eigenvalue weighted by Crippen LogP contribution is -2.29. The fourth-order valence-electron chi connectivity index (χ4n) is 2.99. The normalized spacial score (nSPS) is 14.5. The fraction of sp³-hybridized carbons (Fsp3) is 1.00. The van der Waals surface area contributed by atoms with E-state index >= 15 is 0 Å². The average molecular weight is 270 g/mol. The molecule has 1 heteroatoms. The van der Waals surface area contributed by atoms with Gasteiger partial charge in [0.2, 0.25) is 0 Å². The highest BCUT2D eigenvalue weighted by molar-refractivity contribution is 4.71. The Morgan fingerprint density at radius 3 is 1.63 bits per heavy atom. The second kappa shape index (κ2) is 14.4. The van der Waals surface area contributed by atoms with Crippen LogP contribution < -0.4 is 5.73 Å². The number of hydrogen-bond donors (Lipinski definition) is 1. The van der Waals surface area contributed by atoms with Gasteiger partial charge in [-0.25, -0.2) is 0 Å². The van der Waals surface area contributed by atoms with E-state index in [2.05, 4.69) is 20.8 Å². The molecule has 0 heterocycles. The van der Waals surface area contributed by atoms with Gasteiger partial charge in [-0.1, -0.05) is 85.0 Å². The summed E-state index contributed by atoms with van der Waals surface area (Å²) >= 11 is 0. The van der Waals surface area contributed by atoms with Crippen LogP contribution in [-0.4, -0.2) is 6.04 Å². The Kier molecular flexibility index (Phi) is 14.3. The topological polar surface area (TPSA) is 26.0 Å². The molecule has 0 amide bonds. The molecule has 0 saturated heterocycles. The van der Waals surface area contributed by atoms with Crippen LogP contribution in [0.1, 0.15) is 104 Å². The first-order valence-electron chi connectivity index (χ1n) is 9.01. The highest BCUT2D eigenvalue weighted by atomic mass is 14.6. The van der Waals surface area contributed by atoms with Gasteiger partial charge in [0.1, 0.15) is 0 Å². The predicted octanol–water partition coefficient (Wildman–Crippen LogP) is 6.06. The van der Waals surface area contributed by atoms with E-state index < -0.39 is 0 Å². The zero-order valence-electron chi connectivity index (χ0n) is 13.9. The van der Waals surface area contributed by atoms with E-state index in [1.807, 2.05) is 0 Å². The lowest BCUT2D eigenvalue weighted by Gasteiger charge is -2.22. The maximum atomic E-state index is 6.21. The molecule has 0 aromatic carbocycles. The number of nitrogens with two attached hydrogens (primary N) is 1. The SMILES string of the molecule is CCCCCCCCCCCC(CCC)C(N)CC. The van der Waals surface area contributed by atoms with Crippen LogP contribution in [0.2, 0.25) is 0 Å². The van der Waals surface area contributed by atoms with E-state index in [0.717, 1.165) is 12.3 Å². The first-order chi connectivity index (χ1) is 9.26. The summed E-state index contributed by atoms with van der Waals surface area (Å²) in [5, 5.41) is 0. The van der Waals surface area contributed by atoms with Crippen molar-refractivity contribution in [3.05, 3.63) is 0 Å². The third kappa shape index (κ3) is 11.5. The van der Waals surface area contributed by atoms with Gasteiger partial charge in [0, 0.05) is 6.04 Å². The summed E-state index contributed by atoms with van der Waals surface area (Å²) in [5.74, 6) is 0.777. The Labute approximate surface area is 122 Å². The minimum absolute atomic E-state index is 0.439. The van der Waals surface area contributed by atoms with Gasteiger partial charge in [0.25, 0.3) is 0 Å². The van der Waals surface area contributed by atoms with Crippen molar-refractivity contribution in [3.8, 4) is 0 Å². The zero-order chi connectivity index (χ0) is 14.3. The second-order valence-corrected chi connectivity index (χ2v) is 6.24. The predicted molar refractivity (Wildman–Crippen MR) is 88.5 cm³/mol. The van der Waals surface area contributed by atoms with Crippen molar-refractivity contribution in [1.82, 2.24) is 0 Å². The molecule has 1 nitrogen and oxygen atoms in total. The maximum Gasteiger partial charge on any atom is 0.00645 e. The van der Waals surface area contributed by atoms with Crippen molar-refractivity contribution in [2.75, 3.05) is 0 Å². The summed E-state index contributed by atoms with van der Waals surface area (Å²) in [6, 6.07) is 0.439.